The molecule has 2 atom stereocenters. The first-order valence-corrected chi connectivity index (χ1v) is 7.71. The summed E-state index contributed by atoms with van der Waals surface area (Å²) in [5, 5.41) is 12.7. The fourth-order valence-electron chi connectivity index (χ4n) is 3.65. The Hall–Kier alpha value is -0.570. The molecule has 0 aromatic heterocycles. The van der Waals surface area contributed by atoms with Gasteiger partial charge in [-0.25, -0.2) is 0 Å². The van der Waals surface area contributed by atoms with Crippen LogP contribution in [0, 0.1) is 17.8 Å². The molecule has 0 spiro atoms. The average Bonchev–Trinajstić information content (AvgIpc) is 2.66. The van der Waals surface area contributed by atoms with E-state index < -0.39 is 5.97 Å². The summed E-state index contributed by atoms with van der Waals surface area (Å²) in [5.41, 5.74) is 0. The topological polar surface area (TPSA) is 49.3 Å². The summed E-state index contributed by atoms with van der Waals surface area (Å²) in [5.74, 6) is 0.519. The van der Waals surface area contributed by atoms with Gasteiger partial charge in [0.2, 0.25) is 0 Å². The van der Waals surface area contributed by atoms with Crippen molar-refractivity contribution in [3.8, 4) is 0 Å². The molecule has 2 saturated carbocycles. The minimum absolute atomic E-state index is 0.0911. The van der Waals surface area contributed by atoms with Crippen LogP contribution in [0.5, 0.6) is 0 Å². The van der Waals surface area contributed by atoms with Crippen molar-refractivity contribution in [1.29, 1.82) is 0 Å². The normalized spacial score (nSPS) is 30.2. The van der Waals surface area contributed by atoms with E-state index in [1.165, 1.54) is 38.5 Å². The molecule has 2 rings (SSSR count). The number of aliphatic carboxylic acids is 1. The molecule has 0 saturated heterocycles. The second kappa shape index (κ2) is 7.13. The molecule has 2 aliphatic carbocycles. The van der Waals surface area contributed by atoms with Crippen LogP contribution >= 0.6 is 0 Å². The summed E-state index contributed by atoms with van der Waals surface area (Å²) in [7, 11) is 0. The van der Waals surface area contributed by atoms with Gasteiger partial charge in [-0.2, -0.15) is 0 Å². The number of carbonyl (C=O) groups is 1. The van der Waals surface area contributed by atoms with Crippen molar-refractivity contribution in [1.82, 2.24) is 5.32 Å². The maximum Gasteiger partial charge on any atom is 0.306 e. The molecule has 2 fully saturated rings. The van der Waals surface area contributed by atoms with Gasteiger partial charge in [0.1, 0.15) is 0 Å². The Kier molecular flexibility index (Phi) is 5.48. The van der Waals surface area contributed by atoms with Gasteiger partial charge in [0.05, 0.1) is 5.92 Å². The minimum Gasteiger partial charge on any atom is -0.481 e. The molecule has 2 unspecified atom stereocenters. The van der Waals surface area contributed by atoms with Gasteiger partial charge in [-0.3, -0.25) is 4.79 Å². The molecular formula is C15H27NO2. The second-order valence-electron chi connectivity index (χ2n) is 6.15. The maximum atomic E-state index is 11.1. The largest absolute Gasteiger partial charge is 0.481 e. The van der Waals surface area contributed by atoms with E-state index in [4.69, 9.17) is 5.11 Å². The molecule has 3 heteroatoms. The number of hydrogen-bond acceptors (Lipinski definition) is 2. The number of carboxylic acid groups (broad SMARTS) is 1. The third-order valence-electron chi connectivity index (χ3n) is 4.79. The number of carboxylic acids is 1. The second-order valence-corrected chi connectivity index (χ2v) is 6.15. The number of rotatable bonds is 5. The van der Waals surface area contributed by atoms with Gasteiger partial charge in [0.15, 0.2) is 0 Å². The van der Waals surface area contributed by atoms with E-state index in [2.05, 4.69) is 5.32 Å². The van der Waals surface area contributed by atoms with Crippen LogP contribution in [0.4, 0.5) is 0 Å². The lowest BCUT2D eigenvalue weighted by Crippen LogP contribution is -2.32. The van der Waals surface area contributed by atoms with Crippen molar-refractivity contribution in [2.75, 3.05) is 13.1 Å². The molecule has 0 aromatic carbocycles. The fraction of sp³-hybridized carbons (Fsp3) is 0.933. The van der Waals surface area contributed by atoms with Gasteiger partial charge in [-0.1, -0.05) is 32.1 Å². The van der Waals surface area contributed by atoms with Crippen molar-refractivity contribution in [3.05, 3.63) is 0 Å². The molecule has 3 nitrogen and oxygen atoms in total. The van der Waals surface area contributed by atoms with Crippen molar-refractivity contribution in [2.24, 2.45) is 17.8 Å². The van der Waals surface area contributed by atoms with Crippen LogP contribution in [0.25, 0.3) is 0 Å². The van der Waals surface area contributed by atoms with Gasteiger partial charge < -0.3 is 10.4 Å². The van der Waals surface area contributed by atoms with Crippen LogP contribution in [0.1, 0.15) is 57.8 Å². The molecule has 0 aliphatic heterocycles. The first-order chi connectivity index (χ1) is 8.77. The van der Waals surface area contributed by atoms with Crippen LogP contribution in [0.15, 0.2) is 0 Å². The smallest absolute Gasteiger partial charge is 0.306 e. The zero-order chi connectivity index (χ0) is 12.8. The molecule has 2 aliphatic rings. The SMILES string of the molecule is O=C(O)C1CCCC1CNCC1CCCCCC1. The van der Waals surface area contributed by atoms with Gasteiger partial charge in [-0.05, 0) is 50.6 Å². The number of nitrogens with one attached hydrogen (secondary N) is 1. The highest BCUT2D eigenvalue weighted by Crippen LogP contribution is 2.31. The summed E-state index contributed by atoms with van der Waals surface area (Å²) in [6, 6.07) is 0. The van der Waals surface area contributed by atoms with E-state index in [0.717, 1.165) is 38.3 Å². The van der Waals surface area contributed by atoms with Crippen molar-refractivity contribution in [3.63, 3.8) is 0 Å². The number of hydrogen-bond donors (Lipinski definition) is 2. The quantitative estimate of drug-likeness (QED) is 0.740. The first kappa shape index (κ1) is 13.9. The molecule has 0 heterocycles. The average molecular weight is 253 g/mol. The Balaban J connectivity index is 1.66. The third kappa shape index (κ3) is 3.98. The first-order valence-electron chi connectivity index (χ1n) is 7.71. The highest BCUT2D eigenvalue weighted by atomic mass is 16.4. The summed E-state index contributed by atoms with van der Waals surface area (Å²) in [4.78, 5) is 11.1. The van der Waals surface area contributed by atoms with Crippen LogP contribution in [-0.4, -0.2) is 24.2 Å². The highest BCUT2D eigenvalue weighted by Gasteiger charge is 2.32. The molecule has 0 bridgehead atoms. The Morgan fingerprint density at radius 1 is 0.944 bits per heavy atom. The predicted molar refractivity (Wildman–Crippen MR) is 72.5 cm³/mol. The molecule has 2 N–H and O–H groups in total. The lowest BCUT2D eigenvalue weighted by Gasteiger charge is -2.19. The zero-order valence-corrected chi connectivity index (χ0v) is 11.4. The van der Waals surface area contributed by atoms with Crippen molar-refractivity contribution >= 4 is 5.97 Å². The molecule has 0 amide bonds. The predicted octanol–water partition coefficient (Wildman–Crippen LogP) is 3.05. The van der Waals surface area contributed by atoms with Crippen LogP contribution in [0.2, 0.25) is 0 Å². The molecule has 0 radical (unpaired) electrons. The van der Waals surface area contributed by atoms with Crippen LogP contribution < -0.4 is 5.32 Å². The standard InChI is InChI=1S/C15H27NO2/c17-15(18)14-9-5-8-13(14)11-16-10-12-6-3-1-2-4-7-12/h12-14,16H,1-11H2,(H,17,18). The van der Waals surface area contributed by atoms with Gasteiger partial charge in [-0.15, -0.1) is 0 Å². The Labute approximate surface area is 110 Å². The van der Waals surface area contributed by atoms with Gasteiger partial charge in [0, 0.05) is 0 Å². The van der Waals surface area contributed by atoms with Gasteiger partial charge >= 0.3 is 5.97 Å². The van der Waals surface area contributed by atoms with Crippen molar-refractivity contribution < 1.29 is 9.90 Å². The minimum atomic E-state index is -0.589. The van der Waals surface area contributed by atoms with Crippen LogP contribution in [0.3, 0.4) is 0 Å². The van der Waals surface area contributed by atoms with Gasteiger partial charge in [0.25, 0.3) is 0 Å². The Bertz CT molecular complexity index is 259. The summed E-state index contributed by atoms with van der Waals surface area (Å²) in [6.07, 6.45) is 11.4. The van der Waals surface area contributed by atoms with E-state index in [1.807, 2.05) is 0 Å². The molecule has 18 heavy (non-hydrogen) atoms. The maximum absolute atomic E-state index is 11.1. The summed E-state index contributed by atoms with van der Waals surface area (Å²) >= 11 is 0. The fourth-order valence-corrected chi connectivity index (χ4v) is 3.65. The van der Waals surface area contributed by atoms with E-state index in [-0.39, 0.29) is 5.92 Å². The lowest BCUT2D eigenvalue weighted by molar-refractivity contribution is -0.142. The summed E-state index contributed by atoms with van der Waals surface area (Å²) < 4.78 is 0. The monoisotopic (exact) mass is 253 g/mol. The summed E-state index contributed by atoms with van der Waals surface area (Å²) in [6.45, 7) is 2.01. The highest BCUT2D eigenvalue weighted by molar-refractivity contribution is 5.70. The van der Waals surface area contributed by atoms with E-state index in [9.17, 15) is 4.79 Å². The van der Waals surface area contributed by atoms with E-state index in [0.29, 0.717) is 5.92 Å². The Morgan fingerprint density at radius 2 is 1.67 bits per heavy atom. The lowest BCUT2D eigenvalue weighted by atomic mass is 9.95. The molecular weight excluding hydrogens is 226 g/mol. The Morgan fingerprint density at radius 3 is 2.33 bits per heavy atom. The molecule has 0 aromatic rings. The van der Waals surface area contributed by atoms with E-state index in [1.54, 1.807) is 0 Å². The van der Waals surface area contributed by atoms with Crippen molar-refractivity contribution in [2.45, 2.75) is 57.8 Å². The van der Waals surface area contributed by atoms with E-state index >= 15 is 0 Å². The van der Waals surface area contributed by atoms with Crippen LogP contribution in [-0.2, 0) is 4.79 Å². The molecule has 104 valence electrons. The third-order valence-corrected chi connectivity index (χ3v) is 4.79. The zero-order valence-electron chi connectivity index (χ0n) is 11.4.